The first kappa shape index (κ1) is 21.5. The summed E-state index contributed by atoms with van der Waals surface area (Å²) in [5.41, 5.74) is 3.21. The fraction of sp³-hybridized carbons (Fsp3) is 0.391. The summed E-state index contributed by atoms with van der Waals surface area (Å²) in [4.78, 5) is 24.1. The molecule has 1 N–H and O–H groups in total. The molecule has 0 fully saturated rings. The number of hydrogen-bond donors (Lipinski definition) is 1. The predicted octanol–water partition coefficient (Wildman–Crippen LogP) is 4.95. The van der Waals surface area contributed by atoms with E-state index in [4.69, 9.17) is 9.47 Å². The van der Waals surface area contributed by atoms with Crippen LogP contribution in [0, 0.1) is 12.8 Å². The van der Waals surface area contributed by atoms with Crippen molar-refractivity contribution in [2.75, 3.05) is 18.5 Å². The third-order valence-electron chi connectivity index (χ3n) is 4.10. The Kier molecular flexibility index (Phi) is 7.61. The standard InChI is InChI=1S/C23H29NO4/c1-15(2)13-28-23(26)18-7-9-19(10-8-18)24-22(25)14-27-21-12-17(5)6-11-20(21)16(3)4/h6-12,15-16H,13-14H2,1-5H3,(H,24,25). The maximum Gasteiger partial charge on any atom is 0.338 e. The molecule has 150 valence electrons. The molecular formula is C23H29NO4. The zero-order valence-corrected chi connectivity index (χ0v) is 17.2. The van der Waals surface area contributed by atoms with Gasteiger partial charge in [0.2, 0.25) is 0 Å². The van der Waals surface area contributed by atoms with Gasteiger partial charge >= 0.3 is 5.97 Å². The van der Waals surface area contributed by atoms with Crippen molar-refractivity contribution in [1.29, 1.82) is 0 Å². The molecule has 2 rings (SSSR count). The van der Waals surface area contributed by atoms with Gasteiger partial charge < -0.3 is 14.8 Å². The van der Waals surface area contributed by atoms with Crippen molar-refractivity contribution in [3.8, 4) is 5.75 Å². The van der Waals surface area contributed by atoms with E-state index in [-0.39, 0.29) is 24.4 Å². The highest BCUT2D eigenvalue weighted by molar-refractivity contribution is 5.93. The Morgan fingerprint density at radius 2 is 1.68 bits per heavy atom. The van der Waals surface area contributed by atoms with E-state index in [1.54, 1.807) is 24.3 Å². The predicted molar refractivity (Wildman–Crippen MR) is 111 cm³/mol. The topological polar surface area (TPSA) is 64.6 Å². The monoisotopic (exact) mass is 383 g/mol. The van der Waals surface area contributed by atoms with Gasteiger partial charge in [-0.1, -0.05) is 39.8 Å². The van der Waals surface area contributed by atoms with Crippen molar-refractivity contribution in [2.45, 2.75) is 40.5 Å². The van der Waals surface area contributed by atoms with Crippen LogP contribution in [0.5, 0.6) is 5.75 Å². The maximum absolute atomic E-state index is 12.2. The van der Waals surface area contributed by atoms with Gasteiger partial charge in [-0.3, -0.25) is 4.79 Å². The molecule has 0 aliphatic rings. The van der Waals surface area contributed by atoms with Crippen LogP contribution >= 0.6 is 0 Å². The molecule has 0 aromatic heterocycles. The number of amides is 1. The summed E-state index contributed by atoms with van der Waals surface area (Å²) < 4.78 is 10.9. The first-order valence-corrected chi connectivity index (χ1v) is 9.56. The first-order chi connectivity index (χ1) is 13.3. The second-order valence-electron chi connectivity index (χ2n) is 7.60. The van der Waals surface area contributed by atoms with E-state index < -0.39 is 0 Å². The highest BCUT2D eigenvalue weighted by atomic mass is 16.5. The molecule has 0 aliphatic carbocycles. The molecule has 5 nitrogen and oxygen atoms in total. The van der Waals surface area contributed by atoms with E-state index in [1.807, 2.05) is 39.0 Å². The molecule has 5 heteroatoms. The minimum absolute atomic E-state index is 0.0820. The molecule has 2 aromatic rings. The van der Waals surface area contributed by atoms with Crippen LogP contribution in [-0.4, -0.2) is 25.1 Å². The van der Waals surface area contributed by atoms with Gasteiger partial charge in [0.05, 0.1) is 12.2 Å². The normalized spacial score (nSPS) is 10.8. The Morgan fingerprint density at radius 1 is 1.00 bits per heavy atom. The Hall–Kier alpha value is -2.82. The molecule has 0 bridgehead atoms. The highest BCUT2D eigenvalue weighted by Gasteiger charge is 2.12. The highest BCUT2D eigenvalue weighted by Crippen LogP contribution is 2.27. The van der Waals surface area contributed by atoms with Gasteiger partial charge in [0.15, 0.2) is 6.61 Å². The summed E-state index contributed by atoms with van der Waals surface area (Å²) in [7, 11) is 0. The fourth-order valence-electron chi connectivity index (χ4n) is 2.60. The number of benzene rings is 2. The van der Waals surface area contributed by atoms with Gasteiger partial charge in [-0.25, -0.2) is 4.79 Å². The molecule has 28 heavy (non-hydrogen) atoms. The molecule has 0 saturated heterocycles. The van der Waals surface area contributed by atoms with Crippen LogP contribution in [0.2, 0.25) is 0 Å². The van der Waals surface area contributed by atoms with Crippen LogP contribution in [0.4, 0.5) is 5.69 Å². The number of hydrogen-bond acceptors (Lipinski definition) is 4. The van der Waals surface area contributed by atoms with E-state index in [9.17, 15) is 9.59 Å². The molecule has 0 unspecified atom stereocenters. The number of nitrogens with one attached hydrogen (secondary N) is 1. The lowest BCUT2D eigenvalue weighted by atomic mass is 10.0. The second kappa shape index (κ2) is 9.93. The van der Waals surface area contributed by atoms with Crippen molar-refractivity contribution >= 4 is 17.6 Å². The largest absolute Gasteiger partial charge is 0.483 e. The van der Waals surface area contributed by atoms with Crippen molar-refractivity contribution in [3.63, 3.8) is 0 Å². The lowest BCUT2D eigenvalue weighted by Crippen LogP contribution is -2.20. The zero-order valence-electron chi connectivity index (χ0n) is 17.2. The quantitative estimate of drug-likeness (QED) is 0.655. The number of carbonyl (C=O) groups excluding carboxylic acids is 2. The Bertz CT molecular complexity index is 810. The summed E-state index contributed by atoms with van der Waals surface area (Å²) in [6.07, 6.45) is 0. The smallest absolute Gasteiger partial charge is 0.338 e. The minimum Gasteiger partial charge on any atom is -0.483 e. The molecule has 0 aliphatic heterocycles. The summed E-state index contributed by atoms with van der Waals surface area (Å²) in [5.74, 6) is 0.698. The van der Waals surface area contributed by atoms with E-state index in [0.717, 1.165) is 16.9 Å². The second-order valence-corrected chi connectivity index (χ2v) is 7.60. The van der Waals surface area contributed by atoms with Crippen LogP contribution in [0.3, 0.4) is 0 Å². The molecule has 0 saturated carbocycles. The maximum atomic E-state index is 12.2. The SMILES string of the molecule is Cc1ccc(C(C)C)c(OCC(=O)Nc2ccc(C(=O)OCC(C)C)cc2)c1. The van der Waals surface area contributed by atoms with Gasteiger partial charge in [-0.15, -0.1) is 0 Å². The van der Waals surface area contributed by atoms with Gasteiger partial charge in [-0.05, 0) is 60.2 Å². The van der Waals surface area contributed by atoms with E-state index >= 15 is 0 Å². The average Bonchev–Trinajstić information content (AvgIpc) is 2.64. The lowest BCUT2D eigenvalue weighted by Gasteiger charge is -2.15. The average molecular weight is 383 g/mol. The zero-order chi connectivity index (χ0) is 20.7. The van der Waals surface area contributed by atoms with Crippen LogP contribution in [0.15, 0.2) is 42.5 Å². The first-order valence-electron chi connectivity index (χ1n) is 9.56. The minimum atomic E-state index is -0.365. The number of ether oxygens (including phenoxy) is 2. The molecule has 0 heterocycles. The van der Waals surface area contributed by atoms with E-state index in [1.165, 1.54) is 0 Å². The van der Waals surface area contributed by atoms with Crippen LogP contribution in [0.25, 0.3) is 0 Å². The third kappa shape index (κ3) is 6.41. The summed E-state index contributed by atoms with van der Waals surface area (Å²) >= 11 is 0. The number of esters is 1. The number of rotatable bonds is 8. The van der Waals surface area contributed by atoms with Gasteiger partial charge in [0, 0.05) is 5.69 Å². The summed E-state index contributed by atoms with van der Waals surface area (Å²) in [6, 6.07) is 12.6. The van der Waals surface area contributed by atoms with E-state index in [0.29, 0.717) is 23.8 Å². The van der Waals surface area contributed by atoms with Gasteiger partial charge in [0.1, 0.15) is 5.75 Å². The van der Waals surface area contributed by atoms with Crippen molar-refractivity contribution in [3.05, 3.63) is 59.2 Å². The number of anilines is 1. The van der Waals surface area contributed by atoms with Crippen LogP contribution in [-0.2, 0) is 9.53 Å². The Labute approximate surface area is 167 Å². The van der Waals surface area contributed by atoms with E-state index in [2.05, 4.69) is 19.2 Å². The summed E-state index contributed by atoms with van der Waals surface area (Å²) in [5, 5.41) is 2.78. The number of carbonyl (C=O) groups is 2. The van der Waals surface area contributed by atoms with Crippen molar-refractivity contribution in [1.82, 2.24) is 0 Å². The van der Waals surface area contributed by atoms with Crippen LogP contribution in [0.1, 0.15) is 55.1 Å². The van der Waals surface area contributed by atoms with Gasteiger partial charge in [-0.2, -0.15) is 0 Å². The Balaban J connectivity index is 1.92. The molecule has 2 aromatic carbocycles. The molecule has 0 spiro atoms. The van der Waals surface area contributed by atoms with Crippen molar-refractivity contribution < 1.29 is 19.1 Å². The molecule has 0 atom stereocenters. The number of aryl methyl sites for hydroxylation is 1. The van der Waals surface area contributed by atoms with Crippen molar-refractivity contribution in [2.24, 2.45) is 5.92 Å². The molecular weight excluding hydrogens is 354 g/mol. The molecule has 1 amide bonds. The third-order valence-corrected chi connectivity index (χ3v) is 4.10. The Morgan fingerprint density at radius 3 is 2.29 bits per heavy atom. The van der Waals surface area contributed by atoms with Gasteiger partial charge in [0.25, 0.3) is 5.91 Å². The summed E-state index contributed by atoms with van der Waals surface area (Å²) in [6.45, 7) is 10.4. The lowest BCUT2D eigenvalue weighted by molar-refractivity contribution is -0.118. The molecule has 0 radical (unpaired) electrons. The van der Waals surface area contributed by atoms with Crippen LogP contribution < -0.4 is 10.1 Å². The fourth-order valence-corrected chi connectivity index (χ4v) is 2.60.